The number of carbonyl (C=O) groups excluding carboxylic acids is 2. The van der Waals surface area contributed by atoms with E-state index in [1.54, 1.807) is 36.4 Å². The van der Waals surface area contributed by atoms with Crippen molar-refractivity contribution in [2.45, 2.75) is 12.8 Å². The number of carboxylic acid groups (broad SMARTS) is 1. The van der Waals surface area contributed by atoms with E-state index < -0.39 is 23.7 Å². The first-order valence-electron chi connectivity index (χ1n) is 10.6. The van der Waals surface area contributed by atoms with Gasteiger partial charge >= 0.3 is 17.9 Å². The Balaban J connectivity index is 1.50. The van der Waals surface area contributed by atoms with Crippen molar-refractivity contribution in [3.8, 4) is 22.6 Å². The van der Waals surface area contributed by atoms with E-state index in [4.69, 9.17) is 14.2 Å². The summed E-state index contributed by atoms with van der Waals surface area (Å²) in [5, 5.41) is 9.28. The molecule has 8 heteroatoms. The van der Waals surface area contributed by atoms with Crippen LogP contribution in [0, 0.1) is 5.82 Å². The molecule has 178 valence electrons. The standard InChI is InChI=1S/C27H21FO7/c1-14(13-33-3)26(31)35-24-9-6-18(12-23(24)28)34-27(32)17-5-8-20-19-7-4-16(25(29)30)10-21(19)15(2)22(20)11-17/h4-12,15H,1,13H2,2-3H3,(H,29,30). The summed E-state index contributed by atoms with van der Waals surface area (Å²) in [6.45, 7) is 5.38. The molecule has 0 amide bonds. The van der Waals surface area contributed by atoms with Gasteiger partial charge < -0.3 is 19.3 Å². The topological polar surface area (TPSA) is 99.1 Å². The molecule has 0 bridgehead atoms. The maximum absolute atomic E-state index is 14.4. The van der Waals surface area contributed by atoms with Crippen LogP contribution in [0.4, 0.5) is 4.39 Å². The summed E-state index contributed by atoms with van der Waals surface area (Å²) in [5.41, 5.74) is 4.03. The van der Waals surface area contributed by atoms with Gasteiger partial charge in [-0.2, -0.15) is 0 Å². The number of rotatable bonds is 7. The molecule has 1 unspecified atom stereocenters. The van der Waals surface area contributed by atoms with Gasteiger partial charge in [0, 0.05) is 19.1 Å². The number of esters is 2. The minimum atomic E-state index is -1.01. The highest BCUT2D eigenvalue weighted by Crippen LogP contribution is 2.45. The highest BCUT2D eigenvalue weighted by molar-refractivity contribution is 5.94. The first-order valence-corrected chi connectivity index (χ1v) is 10.6. The molecule has 0 spiro atoms. The van der Waals surface area contributed by atoms with Crippen molar-refractivity contribution in [2.75, 3.05) is 13.7 Å². The SMILES string of the molecule is C=C(COC)C(=O)Oc1ccc(OC(=O)c2ccc3c(c2)C(C)c2cc(C(=O)O)ccc2-3)cc1F. The largest absolute Gasteiger partial charge is 0.478 e. The minimum Gasteiger partial charge on any atom is -0.478 e. The number of hydrogen-bond acceptors (Lipinski definition) is 6. The van der Waals surface area contributed by atoms with Gasteiger partial charge in [-0.15, -0.1) is 0 Å². The zero-order valence-corrected chi connectivity index (χ0v) is 19.0. The third-order valence-corrected chi connectivity index (χ3v) is 5.73. The van der Waals surface area contributed by atoms with E-state index in [1.165, 1.54) is 19.2 Å². The number of fused-ring (bicyclic) bond motifs is 3. The van der Waals surface area contributed by atoms with Gasteiger partial charge in [0.25, 0.3) is 0 Å². The summed E-state index contributed by atoms with van der Waals surface area (Å²) in [6, 6.07) is 13.5. The van der Waals surface area contributed by atoms with Crippen molar-refractivity contribution in [1.29, 1.82) is 0 Å². The molecule has 4 rings (SSSR count). The molecular weight excluding hydrogens is 455 g/mol. The summed E-state index contributed by atoms with van der Waals surface area (Å²) in [5.74, 6) is -3.94. The van der Waals surface area contributed by atoms with E-state index in [9.17, 15) is 23.9 Å². The third-order valence-electron chi connectivity index (χ3n) is 5.73. The van der Waals surface area contributed by atoms with Crippen LogP contribution in [0.3, 0.4) is 0 Å². The van der Waals surface area contributed by atoms with E-state index in [0.29, 0.717) is 0 Å². The monoisotopic (exact) mass is 476 g/mol. The Bertz CT molecular complexity index is 1380. The van der Waals surface area contributed by atoms with Crippen molar-refractivity contribution in [3.05, 3.63) is 94.8 Å². The highest BCUT2D eigenvalue weighted by atomic mass is 19.1. The molecule has 0 radical (unpaired) electrons. The minimum absolute atomic E-state index is 0.0228. The van der Waals surface area contributed by atoms with Crippen LogP contribution in [0.25, 0.3) is 11.1 Å². The van der Waals surface area contributed by atoms with Gasteiger partial charge in [-0.25, -0.2) is 18.8 Å². The van der Waals surface area contributed by atoms with Crippen LogP contribution in [-0.4, -0.2) is 36.7 Å². The summed E-state index contributed by atoms with van der Waals surface area (Å²) in [4.78, 5) is 35.9. The molecule has 0 saturated carbocycles. The van der Waals surface area contributed by atoms with Crippen LogP contribution < -0.4 is 9.47 Å². The first-order chi connectivity index (χ1) is 16.7. The van der Waals surface area contributed by atoms with Crippen LogP contribution in [0.2, 0.25) is 0 Å². The molecule has 35 heavy (non-hydrogen) atoms. The van der Waals surface area contributed by atoms with E-state index in [1.807, 2.05) is 6.92 Å². The van der Waals surface area contributed by atoms with Crippen molar-refractivity contribution in [3.63, 3.8) is 0 Å². The predicted octanol–water partition coefficient (Wildman–Crippen LogP) is 4.98. The van der Waals surface area contributed by atoms with Crippen molar-refractivity contribution in [2.24, 2.45) is 0 Å². The lowest BCUT2D eigenvalue weighted by molar-refractivity contribution is -0.130. The van der Waals surface area contributed by atoms with Gasteiger partial charge in [0.1, 0.15) is 5.75 Å². The molecule has 0 aromatic heterocycles. The van der Waals surface area contributed by atoms with Gasteiger partial charge in [0.2, 0.25) is 0 Å². The van der Waals surface area contributed by atoms with Crippen LogP contribution in [0.15, 0.2) is 66.7 Å². The fourth-order valence-corrected chi connectivity index (χ4v) is 3.96. The van der Waals surface area contributed by atoms with Gasteiger partial charge in [-0.1, -0.05) is 25.6 Å². The molecule has 1 aliphatic carbocycles. The van der Waals surface area contributed by atoms with Crippen LogP contribution in [-0.2, 0) is 9.53 Å². The number of carbonyl (C=O) groups is 3. The molecule has 7 nitrogen and oxygen atoms in total. The van der Waals surface area contributed by atoms with Gasteiger partial charge in [-0.05, 0) is 58.7 Å². The lowest BCUT2D eigenvalue weighted by atomic mass is 9.97. The Morgan fingerprint density at radius 1 is 0.943 bits per heavy atom. The quantitative estimate of drug-likeness (QED) is 0.292. The second kappa shape index (κ2) is 9.52. The summed E-state index contributed by atoms with van der Waals surface area (Å²) in [6.07, 6.45) is 0. The van der Waals surface area contributed by atoms with Crippen molar-refractivity contribution < 1.29 is 38.1 Å². The van der Waals surface area contributed by atoms with Gasteiger partial charge in [0.15, 0.2) is 11.6 Å². The number of halogens is 1. The van der Waals surface area contributed by atoms with Crippen LogP contribution in [0.1, 0.15) is 44.7 Å². The Hall–Kier alpha value is -4.30. The van der Waals surface area contributed by atoms with Crippen LogP contribution in [0.5, 0.6) is 11.5 Å². The fraction of sp³-hybridized carbons (Fsp3) is 0.148. The molecule has 0 saturated heterocycles. The first kappa shape index (κ1) is 23.8. The number of ether oxygens (including phenoxy) is 3. The Kier molecular flexibility index (Phi) is 6.48. The average molecular weight is 476 g/mol. The normalized spacial score (nSPS) is 13.5. The molecule has 3 aromatic rings. The van der Waals surface area contributed by atoms with E-state index in [2.05, 4.69) is 6.58 Å². The maximum Gasteiger partial charge on any atom is 0.343 e. The second-order valence-corrected chi connectivity index (χ2v) is 8.04. The van der Waals surface area contributed by atoms with E-state index in [-0.39, 0.29) is 40.7 Å². The molecule has 1 aliphatic rings. The summed E-state index contributed by atoms with van der Waals surface area (Å²) in [7, 11) is 1.39. The molecule has 1 atom stereocenters. The van der Waals surface area contributed by atoms with E-state index >= 15 is 0 Å². The average Bonchev–Trinajstić information content (AvgIpc) is 3.11. The maximum atomic E-state index is 14.4. The molecule has 0 heterocycles. The number of aromatic carboxylic acids is 1. The highest BCUT2D eigenvalue weighted by Gasteiger charge is 2.27. The molecular formula is C27H21FO7. The number of hydrogen-bond donors (Lipinski definition) is 1. The Labute approximate surface area is 200 Å². The van der Waals surface area contributed by atoms with Gasteiger partial charge in [-0.3, -0.25) is 0 Å². The number of carboxylic acids is 1. The van der Waals surface area contributed by atoms with Crippen LogP contribution >= 0.6 is 0 Å². The summed E-state index contributed by atoms with van der Waals surface area (Å²) >= 11 is 0. The molecule has 0 aliphatic heterocycles. The molecule has 3 aromatic carbocycles. The lowest BCUT2D eigenvalue weighted by Gasteiger charge is -2.10. The predicted molar refractivity (Wildman–Crippen MR) is 124 cm³/mol. The molecule has 1 N–H and O–H groups in total. The van der Waals surface area contributed by atoms with Gasteiger partial charge in [0.05, 0.1) is 23.3 Å². The second-order valence-electron chi connectivity index (χ2n) is 8.04. The zero-order chi connectivity index (χ0) is 25.3. The number of methoxy groups -OCH3 is 1. The Morgan fingerprint density at radius 2 is 1.57 bits per heavy atom. The smallest absolute Gasteiger partial charge is 0.343 e. The van der Waals surface area contributed by atoms with Crippen molar-refractivity contribution >= 4 is 17.9 Å². The summed E-state index contributed by atoms with van der Waals surface area (Å²) < 4.78 is 29.5. The van der Waals surface area contributed by atoms with Crippen molar-refractivity contribution in [1.82, 2.24) is 0 Å². The van der Waals surface area contributed by atoms with E-state index in [0.717, 1.165) is 28.3 Å². The fourth-order valence-electron chi connectivity index (χ4n) is 3.96. The zero-order valence-electron chi connectivity index (χ0n) is 19.0. The number of benzene rings is 3. The third kappa shape index (κ3) is 4.69. The molecule has 0 fully saturated rings. The lowest BCUT2D eigenvalue weighted by Crippen LogP contribution is -2.15. The Morgan fingerprint density at radius 3 is 2.17 bits per heavy atom.